The van der Waals surface area contributed by atoms with Crippen molar-refractivity contribution in [1.82, 2.24) is 5.32 Å². The quantitative estimate of drug-likeness (QED) is 0.477. The van der Waals surface area contributed by atoms with Crippen LogP contribution in [0.5, 0.6) is 5.75 Å². The molecule has 0 saturated carbocycles. The molecule has 1 aliphatic rings. The fourth-order valence-corrected chi connectivity index (χ4v) is 3.26. The molecule has 0 atom stereocenters. The number of carbonyl (C=O) groups is 2. The van der Waals surface area contributed by atoms with Crippen molar-refractivity contribution in [1.29, 1.82) is 0 Å². The molecule has 1 heterocycles. The molecule has 26 heavy (non-hydrogen) atoms. The fraction of sp³-hybridized carbons (Fsp3) is 0.0556. The van der Waals surface area contributed by atoms with Crippen molar-refractivity contribution in [2.75, 3.05) is 12.0 Å². The van der Waals surface area contributed by atoms with E-state index in [1.165, 1.54) is 18.1 Å². The monoisotopic (exact) mass is 406 g/mol. The van der Waals surface area contributed by atoms with Gasteiger partial charge < -0.3 is 4.74 Å². The van der Waals surface area contributed by atoms with Gasteiger partial charge in [-0.25, -0.2) is 4.90 Å². The number of anilines is 1. The van der Waals surface area contributed by atoms with Gasteiger partial charge in [0, 0.05) is 15.6 Å². The van der Waals surface area contributed by atoms with Crippen LogP contribution < -0.4 is 15.0 Å². The number of rotatable bonds is 3. The maximum absolute atomic E-state index is 13.0. The highest BCUT2D eigenvalue weighted by Gasteiger charge is 2.36. The summed E-state index contributed by atoms with van der Waals surface area (Å²) in [5.74, 6) is -0.782. The fourth-order valence-electron chi connectivity index (χ4n) is 2.48. The second-order valence-electron chi connectivity index (χ2n) is 5.27. The van der Waals surface area contributed by atoms with E-state index < -0.39 is 11.8 Å². The van der Waals surface area contributed by atoms with Gasteiger partial charge in [-0.1, -0.05) is 41.4 Å². The van der Waals surface area contributed by atoms with Crippen LogP contribution in [0.1, 0.15) is 5.56 Å². The number of hydrogen-bond donors (Lipinski definition) is 1. The van der Waals surface area contributed by atoms with Gasteiger partial charge in [0.2, 0.25) is 0 Å². The lowest BCUT2D eigenvalue weighted by atomic mass is 10.1. The zero-order valence-electron chi connectivity index (χ0n) is 13.5. The average Bonchev–Trinajstić information content (AvgIpc) is 2.61. The minimum absolute atomic E-state index is 0.0353. The summed E-state index contributed by atoms with van der Waals surface area (Å²) in [7, 11) is 1.48. The summed E-state index contributed by atoms with van der Waals surface area (Å²) in [5.41, 5.74) is 0.655. The molecule has 3 rings (SSSR count). The lowest BCUT2D eigenvalue weighted by molar-refractivity contribution is -0.122. The largest absolute Gasteiger partial charge is 0.495 e. The molecular formula is C18H12Cl2N2O3S. The molecule has 0 aliphatic carbocycles. The summed E-state index contributed by atoms with van der Waals surface area (Å²) in [6.45, 7) is 0. The van der Waals surface area contributed by atoms with Crippen molar-refractivity contribution in [2.45, 2.75) is 0 Å². The third kappa shape index (κ3) is 3.31. The van der Waals surface area contributed by atoms with Gasteiger partial charge in [0.15, 0.2) is 5.11 Å². The molecule has 0 unspecified atom stereocenters. The Kier molecular flexibility index (Phi) is 5.27. The number of halogens is 2. The topological polar surface area (TPSA) is 58.6 Å². The van der Waals surface area contributed by atoms with Gasteiger partial charge in [0.1, 0.15) is 11.3 Å². The van der Waals surface area contributed by atoms with Gasteiger partial charge >= 0.3 is 0 Å². The number of ether oxygens (including phenoxy) is 1. The van der Waals surface area contributed by atoms with Gasteiger partial charge in [-0.05, 0) is 42.6 Å². The van der Waals surface area contributed by atoms with Crippen LogP contribution >= 0.6 is 35.4 Å². The lowest BCUT2D eigenvalue weighted by Gasteiger charge is -2.29. The van der Waals surface area contributed by atoms with E-state index in [0.717, 1.165) is 0 Å². The summed E-state index contributed by atoms with van der Waals surface area (Å²) in [6.07, 6.45) is 1.35. The maximum atomic E-state index is 13.0. The molecule has 8 heteroatoms. The first-order valence-electron chi connectivity index (χ1n) is 7.42. The first-order chi connectivity index (χ1) is 12.4. The number of carbonyl (C=O) groups excluding carboxylic acids is 2. The molecule has 1 N–H and O–H groups in total. The normalized spacial score (nSPS) is 16.0. The number of nitrogens with zero attached hydrogens (tertiary/aromatic N) is 1. The number of methoxy groups -OCH3 is 1. The predicted octanol–water partition coefficient (Wildman–Crippen LogP) is 3.83. The van der Waals surface area contributed by atoms with Crippen LogP contribution in [0.25, 0.3) is 6.08 Å². The smallest absolute Gasteiger partial charge is 0.270 e. The predicted molar refractivity (Wildman–Crippen MR) is 106 cm³/mol. The van der Waals surface area contributed by atoms with E-state index in [2.05, 4.69) is 5.32 Å². The molecule has 2 aromatic rings. The Balaban J connectivity index is 2.11. The Hall–Kier alpha value is -2.41. The van der Waals surface area contributed by atoms with Crippen LogP contribution in [0.15, 0.2) is 48.0 Å². The Morgan fingerprint density at radius 3 is 2.38 bits per heavy atom. The van der Waals surface area contributed by atoms with Crippen molar-refractivity contribution in [2.24, 2.45) is 0 Å². The van der Waals surface area contributed by atoms with Crippen molar-refractivity contribution >= 4 is 64.1 Å². The highest BCUT2D eigenvalue weighted by Crippen LogP contribution is 2.32. The third-order valence-electron chi connectivity index (χ3n) is 3.72. The zero-order chi connectivity index (χ0) is 18.8. The summed E-state index contributed by atoms with van der Waals surface area (Å²) in [4.78, 5) is 26.6. The maximum Gasteiger partial charge on any atom is 0.270 e. The van der Waals surface area contributed by atoms with Crippen LogP contribution in [-0.4, -0.2) is 24.0 Å². The number of thiocarbonyl (C=S) groups is 1. The molecular weight excluding hydrogens is 395 g/mol. The molecule has 0 spiro atoms. The standard InChI is InChI=1S/C18H12Cl2N2O3S/c1-25-15-8-3-2-7-14(15)22-17(24)11(16(23)21-18(22)26)9-10-12(19)5-4-6-13(10)20/h2-9H,1H3,(H,21,23,26)/b11-9+. The Bertz CT molecular complexity index is 939. The summed E-state index contributed by atoms with van der Waals surface area (Å²) in [6, 6.07) is 11.8. The number of hydrogen-bond acceptors (Lipinski definition) is 4. The van der Waals surface area contributed by atoms with Crippen molar-refractivity contribution < 1.29 is 14.3 Å². The molecule has 1 fully saturated rings. The number of amides is 2. The molecule has 0 bridgehead atoms. The van der Waals surface area contributed by atoms with Crippen molar-refractivity contribution in [3.8, 4) is 5.75 Å². The molecule has 1 saturated heterocycles. The minimum Gasteiger partial charge on any atom is -0.495 e. The van der Waals surface area contributed by atoms with Crippen LogP contribution in [0.2, 0.25) is 10.0 Å². The second kappa shape index (κ2) is 7.45. The molecule has 2 amide bonds. The molecule has 0 radical (unpaired) electrons. The Morgan fingerprint density at radius 2 is 1.73 bits per heavy atom. The summed E-state index contributed by atoms with van der Waals surface area (Å²) in [5, 5.41) is 3.11. The molecule has 2 aromatic carbocycles. The van der Waals surface area contributed by atoms with Crippen LogP contribution in [0.4, 0.5) is 5.69 Å². The van der Waals surface area contributed by atoms with Gasteiger partial charge in [-0.2, -0.15) is 0 Å². The SMILES string of the molecule is COc1ccccc1N1C(=O)/C(=C/c2c(Cl)cccc2Cl)C(=O)NC1=S. The van der Waals surface area contributed by atoms with Gasteiger partial charge in [-0.15, -0.1) is 0 Å². The van der Waals surface area contributed by atoms with Gasteiger partial charge in [0.25, 0.3) is 11.8 Å². The van der Waals surface area contributed by atoms with Crippen molar-refractivity contribution in [3.63, 3.8) is 0 Å². The van der Waals surface area contributed by atoms with Crippen LogP contribution in [-0.2, 0) is 9.59 Å². The molecule has 5 nitrogen and oxygen atoms in total. The molecule has 132 valence electrons. The number of nitrogens with one attached hydrogen (secondary N) is 1. The Labute approximate surface area is 165 Å². The highest BCUT2D eigenvalue weighted by atomic mass is 35.5. The zero-order valence-corrected chi connectivity index (χ0v) is 15.8. The van der Waals surface area contributed by atoms with E-state index >= 15 is 0 Å². The van der Waals surface area contributed by atoms with Gasteiger partial charge in [0.05, 0.1) is 12.8 Å². The summed E-state index contributed by atoms with van der Waals surface area (Å²) >= 11 is 17.5. The average molecular weight is 407 g/mol. The van der Waals surface area contributed by atoms with E-state index in [1.54, 1.807) is 42.5 Å². The number of benzene rings is 2. The first-order valence-corrected chi connectivity index (χ1v) is 8.59. The van der Waals surface area contributed by atoms with E-state index in [-0.39, 0.29) is 10.7 Å². The second-order valence-corrected chi connectivity index (χ2v) is 6.47. The summed E-state index contributed by atoms with van der Waals surface area (Å²) < 4.78 is 5.29. The van der Waals surface area contributed by atoms with Crippen molar-refractivity contribution in [3.05, 3.63) is 63.6 Å². The molecule has 0 aromatic heterocycles. The van der Waals surface area contributed by atoms with Crippen LogP contribution in [0, 0.1) is 0 Å². The lowest BCUT2D eigenvalue weighted by Crippen LogP contribution is -2.54. The highest BCUT2D eigenvalue weighted by molar-refractivity contribution is 7.80. The van der Waals surface area contributed by atoms with E-state index in [4.69, 9.17) is 40.2 Å². The van der Waals surface area contributed by atoms with E-state index in [1.807, 2.05) is 0 Å². The molecule has 1 aliphatic heterocycles. The van der Waals surface area contributed by atoms with E-state index in [9.17, 15) is 9.59 Å². The number of para-hydroxylation sites is 2. The minimum atomic E-state index is -0.623. The van der Waals surface area contributed by atoms with E-state index in [0.29, 0.717) is 27.0 Å². The van der Waals surface area contributed by atoms with Gasteiger partial charge in [-0.3, -0.25) is 14.9 Å². The third-order valence-corrected chi connectivity index (χ3v) is 4.66. The Morgan fingerprint density at radius 1 is 1.08 bits per heavy atom. The first kappa shape index (κ1) is 18.4. The van der Waals surface area contributed by atoms with Crippen LogP contribution in [0.3, 0.4) is 0 Å².